The van der Waals surface area contributed by atoms with E-state index in [1.165, 1.54) is 0 Å². The van der Waals surface area contributed by atoms with Crippen LogP contribution in [0.5, 0.6) is 11.5 Å². The van der Waals surface area contributed by atoms with Crippen LogP contribution in [0.1, 0.15) is 29.7 Å². The van der Waals surface area contributed by atoms with Gasteiger partial charge in [-0.2, -0.15) is 5.10 Å². The molecular formula is C24H24N6O3. The van der Waals surface area contributed by atoms with Crippen molar-refractivity contribution in [2.24, 2.45) is 5.73 Å². The Hall–Kier alpha value is -4.29. The standard InChI is InChI=1S/C24H24N6O3/c1-2-6-20(31)27-29-14-13-17(15-29)30-23(25)21(24(26)32)22(28-30)16-9-11-19(12-10-16)33-18-7-4-3-5-8-18/h3-5,7-12,17H,13-15,25H2,1H3,(H2,26,32)(H,27,31)/t17-/m1/s1. The minimum atomic E-state index is -0.653. The third-order valence-corrected chi connectivity index (χ3v) is 5.31. The van der Waals surface area contributed by atoms with Gasteiger partial charge in [0, 0.05) is 18.7 Å². The number of benzene rings is 2. The Morgan fingerprint density at radius 1 is 1.12 bits per heavy atom. The van der Waals surface area contributed by atoms with Crippen LogP contribution in [0, 0.1) is 11.8 Å². The molecule has 9 nitrogen and oxygen atoms in total. The van der Waals surface area contributed by atoms with E-state index in [-0.39, 0.29) is 23.3 Å². The van der Waals surface area contributed by atoms with Gasteiger partial charge in [0.1, 0.15) is 28.6 Å². The lowest BCUT2D eigenvalue weighted by Crippen LogP contribution is -2.40. The molecule has 2 amide bonds. The van der Waals surface area contributed by atoms with Crippen LogP contribution < -0.4 is 21.6 Å². The summed E-state index contributed by atoms with van der Waals surface area (Å²) in [5.41, 5.74) is 15.9. The fourth-order valence-corrected chi connectivity index (χ4v) is 3.80. The van der Waals surface area contributed by atoms with E-state index in [0.717, 1.165) is 5.75 Å². The van der Waals surface area contributed by atoms with Crippen LogP contribution in [-0.4, -0.2) is 39.7 Å². The number of nitrogens with one attached hydrogen (secondary N) is 1. The first kappa shape index (κ1) is 21.9. The van der Waals surface area contributed by atoms with Gasteiger partial charge in [-0.15, -0.1) is 0 Å². The predicted molar refractivity (Wildman–Crippen MR) is 124 cm³/mol. The topological polar surface area (TPSA) is 128 Å². The summed E-state index contributed by atoms with van der Waals surface area (Å²) in [5.74, 6) is 5.56. The number of rotatable bonds is 6. The van der Waals surface area contributed by atoms with Gasteiger partial charge < -0.3 is 16.2 Å². The van der Waals surface area contributed by atoms with E-state index in [4.69, 9.17) is 16.2 Å². The lowest BCUT2D eigenvalue weighted by molar-refractivity contribution is -0.119. The second-order valence-corrected chi connectivity index (χ2v) is 7.56. The zero-order valence-electron chi connectivity index (χ0n) is 18.1. The second-order valence-electron chi connectivity index (χ2n) is 7.56. The molecule has 3 aromatic rings. The van der Waals surface area contributed by atoms with E-state index in [0.29, 0.717) is 36.5 Å². The number of para-hydroxylation sites is 1. The van der Waals surface area contributed by atoms with Gasteiger partial charge in [0.15, 0.2) is 0 Å². The monoisotopic (exact) mass is 444 g/mol. The number of nitrogens with zero attached hydrogens (tertiary/aromatic N) is 3. The van der Waals surface area contributed by atoms with E-state index < -0.39 is 5.91 Å². The number of hydrogen-bond donors (Lipinski definition) is 3. The minimum absolute atomic E-state index is 0.132. The van der Waals surface area contributed by atoms with Crippen LogP contribution in [0.25, 0.3) is 11.3 Å². The predicted octanol–water partition coefficient (Wildman–Crippen LogP) is 2.32. The summed E-state index contributed by atoms with van der Waals surface area (Å²) in [6.07, 6.45) is 0.688. The molecule has 9 heteroatoms. The zero-order valence-corrected chi connectivity index (χ0v) is 18.1. The quantitative estimate of drug-likeness (QED) is 0.501. The van der Waals surface area contributed by atoms with Crippen LogP contribution in [-0.2, 0) is 4.79 Å². The fourth-order valence-electron chi connectivity index (χ4n) is 3.80. The van der Waals surface area contributed by atoms with E-state index in [2.05, 4.69) is 22.4 Å². The molecule has 2 heterocycles. The number of nitrogen functional groups attached to an aromatic ring is 1. The summed E-state index contributed by atoms with van der Waals surface area (Å²) < 4.78 is 7.44. The normalized spacial score (nSPS) is 15.5. The van der Waals surface area contributed by atoms with Crippen molar-refractivity contribution in [2.45, 2.75) is 19.4 Å². The molecule has 1 aromatic heterocycles. The number of carbonyl (C=O) groups is 2. The lowest BCUT2D eigenvalue weighted by Gasteiger charge is -2.16. The molecule has 1 fully saturated rings. The van der Waals surface area contributed by atoms with Gasteiger partial charge in [-0.3, -0.25) is 15.0 Å². The highest BCUT2D eigenvalue weighted by atomic mass is 16.5. The first-order chi connectivity index (χ1) is 16.0. The Balaban J connectivity index is 1.57. The summed E-state index contributed by atoms with van der Waals surface area (Å²) in [4.78, 5) is 24.0. The maximum absolute atomic E-state index is 12.2. The molecule has 5 N–H and O–H groups in total. The molecule has 0 bridgehead atoms. The van der Waals surface area contributed by atoms with Crippen LogP contribution in [0.2, 0.25) is 0 Å². The van der Waals surface area contributed by atoms with Gasteiger partial charge >= 0.3 is 5.91 Å². The number of aromatic nitrogens is 2. The highest BCUT2D eigenvalue weighted by Crippen LogP contribution is 2.33. The maximum Gasteiger partial charge on any atom is 0.310 e. The average Bonchev–Trinajstić information content (AvgIpc) is 3.39. The summed E-state index contributed by atoms with van der Waals surface area (Å²) in [6, 6.07) is 16.5. The summed E-state index contributed by atoms with van der Waals surface area (Å²) in [5, 5.41) is 6.39. The van der Waals surface area contributed by atoms with E-state index in [1.807, 2.05) is 30.3 Å². The van der Waals surface area contributed by atoms with Gasteiger partial charge in [0.05, 0.1) is 6.04 Å². The molecule has 0 spiro atoms. The van der Waals surface area contributed by atoms with Crippen molar-refractivity contribution >= 4 is 17.6 Å². The molecule has 0 unspecified atom stereocenters. The summed E-state index contributed by atoms with van der Waals surface area (Å²) >= 11 is 0. The largest absolute Gasteiger partial charge is 0.457 e. The molecule has 0 radical (unpaired) electrons. The fraction of sp³-hybridized carbons (Fsp3) is 0.208. The molecule has 4 rings (SSSR count). The summed E-state index contributed by atoms with van der Waals surface area (Å²) in [7, 11) is 0. The van der Waals surface area contributed by atoms with Crippen molar-refractivity contribution < 1.29 is 14.3 Å². The van der Waals surface area contributed by atoms with Crippen LogP contribution >= 0.6 is 0 Å². The third kappa shape index (κ3) is 4.81. The Morgan fingerprint density at radius 2 is 1.82 bits per heavy atom. The number of primary amides is 1. The lowest BCUT2D eigenvalue weighted by atomic mass is 10.1. The van der Waals surface area contributed by atoms with Gasteiger partial charge in [0.2, 0.25) is 0 Å². The molecule has 1 aliphatic heterocycles. The van der Waals surface area contributed by atoms with Gasteiger partial charge in [-0.25, -0.2) is 9.69 Å². The average molecular weight is 444 g/mol. The van der Waals surface area contributed by atoms with Crippen molar-refractivity contribution in [1.82, 2.24) is 20.2 Å². The van der Waals surface area contributed by atoms with Crippen LogP contribution in [0.15, 0.2) is 54.6 Å². The van der Waals surface area contributed by atoms with E-state index in [1.54, 1.807) is 40.9 Å². The van der Waals surface area contributed by atoms with Crippen molar-refractivity contribution in [3.63, 3.8) is 0 Å². The van der Waals surface area contributed by atoms with E-state index in [9.17, 15) is 9.59 Å². The molecule has 1 atom stereocenters. The van der Waals surface area contributed by atoms with Crippen LogP contribution in [0.4, 0.5) is 5.82 Å². The first-order valence-electron chi connectivity index (χ1n) is 10.5. The number of hydrazine groups is 1. The molecule has 33 heavy (non-hydrogen) atoms. The SMILES string of the molecule is CC#CC(=O)NN1CC[C@@H](n2nc(-c3ccc(Oc4ccccc4)cc3)c(C(N)=O)c2N)C1. The van der Waals surface area contributed by atoms with Gasteiger partial charge in [0.25, 0.3) is 5.91 Å². The number of anilines is 1. The molecule has 0 aliphatic carbocycles. The van der Waals surface area contributed by atoms with Crippen molar-refractivity contribution in [3.8, 4) is 34.6 Å². The molecule has 168 valence electrons. The number of nitrogens with two attached hydrogens (primary N) is 2. The zero-order chi connectivity index (χ0) is 23.4. The van der Waals surface area contributed by atoms with Crippen LogP contribution in [0.3, 0.4) is 0 Å². The molecule has 0 saturated carbocycles. The molecular weight excluding hydrogens is 420 g/mol. The smallest absolute Gasteiger partial charge is 0.310 e. The number of ether oxygens (including phenoxy) is 1. The highest BCUT2D eigenvalue weighted by Gasteiger charge is 2.30. The molecule has 2 aromatic carbocycles. The molecule has 1 aliphatic rings. The number of hydrogen-bond acceptors (Lipinski definition) is 6. The number of carbonyl (C=O) groups excluding carboxylic acids is 2. The Bertz CT molecular complexity index is 1220. The van der Waals surface area contributed by atoms with Crippen molar-refractivity contribution in [2.75, 3.05) is 18.8 Å². The minimum Gasteiger partial charge on any atom is -0.457 e. The van der Waals surface area contributed by atoms with Crippen molar-refractivity contribution in [3.05, 3.63) is 60.2 Å². The maximum atomic E-state index is 12.2. The van der Waals surface area contributed by atoms with Crippen molar-refractivity contribution in [1.29, 1.82) is 0 Å². The third-order valence-electron chi connectivity index (χ3n) is 5.31. The Morgan fingerprint density at radius 3 is 2.48 bits per heavy atom. The number of amides is 2. The Labute approximate surface area is 191 Å². The summed E-state index contributed by atoms with van der Waals surface area (Å²) in [6.45, 7) is 2.68. The highest BCUT2D eigenvalue weighted by molar-refractivity contribution is 6.03. The second kappa shape index (κ2) is 9.46. The van der Waals surface area contributed by atoms with Gasteiger partial charge in [-0.1, -0.05) is 24.1 Å². The Kier molecular flexibility index (Phi) is 6.29. The first-order valence-corrected chi connectivity index (χ1v) is 10.5. The van der Waals surface area contributed by atoms with Gasteiger partial charge in [-0.05, 0) is 55.7 Å². The van der Waals surface area contributed by atoms with E-state index >= 15 is 0 Å². The molecule has 1 saturated heterocycles.